The summed E-state index contributed by atoms with van der Waals surface area (Å²) in [4.78, 5) is 25.3. The fourth-order valence-corrected chi connectivity index (χ4v) is 3.78. The van der Waals surface area contributed by atoms with E-state index in [1.165, 1.54) is 11.3 Å². The molecule has 0 bridgehead atoms. The molecule has 2 N–H and O–H groups in total. The van der Waals surface area contributed by atoms with Gasteiger partial charge in [0.15, 0.2) is 0 Å². The number of aryl methyl sites for hydroxylation is 2. The first-order valence-corrected chi connectivity index (χ1v) is 7.85. The number of carboxylic acid groups (broad SMARTS) is 1. The fourth-order valence-electron chi connectivity index (χ4n) is 2.85. The van der Waals surface area contributed by atoms with Crippen LogP contribution in [-0.4, -0.2) is 22.5 Å². The van der Waals surface area contributed by atoms with Crippen LogP contribution in [0.25, 0.3) is 0 Å². The molecular weight excluding hydrogens is 274 g/mol. The number of aliphatic carboxylic acids is 1. The van der Waals surface area contributed by atoms with Gasteiger partial charge in [-0.1, -0.05) is 19.3 Å². The standard InChI is InChI=1S/C15H21NO3S/c1-10-8-12(20-11(10)2)14(19)16-15(9-13(17)18)6-4-3-5-7-15/h8H,3-7,9H2,1-2H3,(H,16,19)(H,17,18). The molecule has 1 amide bonds. The highest BCUT2D eigenvalue weighted by Crippen LogP contribution is 2.32. The maximum absolute atomic E-state index is 12.4. The van der Waals surface area contributed by atoms with E-state index >= 15 is 0 Å². The third-order valence-corrected chi connectivity index (χ3v) is 5.22. The smallest absolute Gasteiger partial charge is 0.305 e. The lowest BCUT2D eigenvalue weighted by atomic mass is 9.79. The molecule has 0 unspecified atom stereocenters. The molecule has 20 heavy (non-hydrogen) atoms. The van der Waals surface area contributed by atoms with Crippen molar-refractivity contribution in [3.8, 4) is 0 Å². The molecule has 0 radical (unpaired) electrons. The molecule has 4 nitrogen and oxygen atoms in total. The lowest BCUT2D eigenvalue weighted by Crippen LogP contribution is -2.50. The number of hydrogen-bond acceptors (Lipinski definition) is 3. The lowest BCUT2D eigenvalue weighted by Gasteiger charge is -2.36. The van der Waals surface area contributed by atoms with Crippen molar-refractivity contribution < 1.29 is 14.7 Å². The van der Waals surface area contributed by atoms with E-state index in [2.05, 4.69) is 5.32 Å². The van der Waals surface area contributed by atoms with Gasteiger partial charge in [0.05, 0.1) is 16.8 Å². The topological polar surface area (TPSA) is 66.4 Å². The molecule has 5 heteroatoms. The molecule has 0 atom stereocenters. The number of thiophene rings is 1. The molecule has 1 aromatic rings. The summed E-state index contributed by atoms with van der Waals surface area (Å²) in [5, 5.41) is 12.1. The van der Waals surface area contributed by atoms with E-state index in [0.29, 0.717) is 4.88 Å². The van der Waals surface area contributed by atoms with Crippen LogP contribution in [0.15, 0.2) is 6.07 Å². The Kier molecular flexibility index (Phi) is 4.48. The quantitative estimate of drug-likeness (QED) is 0.896. The monoisotopic (exact) mass is 295 g/mol. The van der Waals surface area contributed by atoms with E-state index in [1.807, 2.05) is 19.9 Å². The lowest BCUT2D eigenvalue weighted by molar-refractivity contribution is -0.139. The Hall–Kier alpha value is -1.36. The van der Waals surface area contributed by atoms with Crippen LogP contribution in [0.1, 0.15) is 58.6 Å². The summed E-state index contributed by atoms with van der Waals surface area (Å²) in [6, 6.07) is 1.88. The van der Waals surface area contributed by atoms with Crippen LogP contribution in [0.3, 0.4) is 0 Å². The van der Waals surface area contributed by atoms with Crippen molar-refractivity contribution in [1.29, 1.82) is 0 Å². The third-order valence-electron chi connectivity index (χ3n) is 4.07. The Labute approximate surface area is 123 Å². The van der Waals surface area contributed by atoms with Gasteiger partial charge in [0.25, 0.3) is 5.91 Å². The largest absolute Gasteiger partial charge is 0.481 e. The molecule has 0 saturated heterocycles. The maximum Gasteiger partial charge on any atom is 0.305 e. The normalized spacial score (nSPS) is 17.7. The number of carbonyl (C=O) groups is 2. The van der Waals surface area contributed by atoms with Gasteiger partial charge in [-0.05, 0) is 38.3 Å². The first-order chi connectivity index (χ1) is 9.42. The van der Waals surface area contributed by atoms with E-state index in [0.717, 1.165) is 42.5 Å². The van der Waals surface area contributed by atoms with Gasteiger partial charge in [-0.2, -0.15) is 0 Å². The van der Waals surface area contributed by atoms with Crippen LogP contribution in [0.5, 0.6) is 0 Å². The number of nitrogens with one attached hydrogen (secondary N) is 1. The molecule has 1 aliphatic rings. The van der Waals surface area contributed by atoms with Gasteiger partial charge in [-0.25, -0.2) is 0 Å². The van der Waals surface area contributed by atoms with E-state index < -0.39 is 11.5 Å². The van der Waals surface area contributed by atoms with Gasteiger partial charge in [-0.3, -0.25) is 9.59 Å². The molecule has 1 aliphatic carbocycles. The Morgan fingerprint density at radius 2 is 1.95 bits per heavy atom. The van der Waals surface area contributed by atoms with Crippen molar-refractivity contribution in [1.82, 2.24) is 5.32 Å². The highest BCUT2D eigenvalue weighted by Gasteiger charge is 2.36. The van der Waals surface area contributed by atoms with E-state index in [1.54, 1.807) is 0 Å². The van der Waals surface area contributed by atoms with Crippen molar-refractivity contribution in [3.05, 3.63) is 21.4 Å². The van der Waals surface area contributed by atoms with Crippen molar-refractivity contribution in [2.75, 3.05) is 0 Å². The van der Waals surface area contributed by atoms with E-state index in [9.17, 15) is 9.59 Å². The van der Waals surface area contributed by atoms with Gasteiger partial charge < -0.3 is 10.4 Å². The molecule has 0 spiro atoms. The Bertz CT molecular complexity index is 496. The predicted octanol–water partition coefficient (Wildman–Crippen LogP) is 3.27. The van der Waals surface area contributed by atoms with Crippen LogP contribution in [0.4, 0.5) is 0 Å². The maximum atomic E-state index is 12.4. The molecule has 110 valence electrons. The third kappa shape index (κ3) is 3.39. The SMILES string of the molecule is Cc1cc(C(=O)NC2(CC(=O)O)CCCCC2)sc1C. The first kappa shape index (κ1) is 15.0. The van der Waals surface area contributed by atoms with Gasteiger partial charge in [0, 0.05) is 4.88 Å². The number of carboxylic acids is 1. The Morgan fingerprint density at radius 3 is 2.45 bits per heavy atom. The van der Waals surface area contributed by atoms with Crippen LogP contribution in [0.2, 0.25) is 0 Å². The minimum absolute atomic E-state index is 0.0160. The minimum Gasteiger partial charge on any atom is -0.481 e. The van der Waals surface area contributed by atoms with Crippen LogP contribution >= 0.6 is 11.3 Å². The molecule has 0 aliphatic heterocycles. The summed E-state index contributed by atoms with van der Waals surface area (Å²) < 4.78 is 0. The van der Waals surface area contributed by atoms with Crippen LogP contribution in [0, 0.1) is 13.8 Å². The fraction of sp³-hybridized carbons (Fsp3) is 0.600. The Balaban J connectivity index is 2.14. The van der Waals surface area contributed by atoms with Crippen LogP contribution < -0.4 is 5.32 Å². The summed E-state index contributed by atoms with van der Waals surface area (Å²) >= 11 is 1.47. The zero-order chi connectivity index (χ0) is 14.8. The predicted molar refractivity (Wildman–Crippen MR) is 79.3 cm³/mol. The van der Waals surface area contributed by atoms with Gasteiger partial charge >= 0.3 is 5.97 Å². The van der Waals surface area contributed by atoms with Crippen molar-refractivity contribution in [3.63, 3.8) is 0 Å². The first-order valence-electron chi connectivity index (χ1n) is 7.03. The molecule has 2 rings (SSSR count). The Morgan fingerprint density at radius 1 is 1.30 bits per heavy atom. The number of amides is 1. The molecule has 1 saturated carbocycles. The zero-order valence-corrected chi connectivity index (χ0v) is 12.8. The molecule has 0 aromatic carbocycles. The second-order valence-electron chi connectivity index (χ2n) is 5.72. The summed E-state index contributed by atoms with van der Waals surface area (Å²) in [6.07, 6.45) is 4.62. The summed E-state index contributed by atoms with van der Waals surface area (Å²) in [5.41, 5.74) is 0.545. The summed E-state index contributed by atoms with van der Waals surface area (Å²) in [6.45, 7) is 3.97. The molecule has 1 fully saturated rings. The highest BCUT2D eigenvalue weighted by atomic mass is 32.1. The second-order valence-corrected chi connectivity index (χ2v) is 6.97. The van der Waals surface area contributed by atoms with E-state index in [4.69, 9.17) is 5.11 Å². The van der Waals surface area contributed by atoms with Gasteiger partial charge in [-0.15, -0.1) is 11.3 Å². The minimum atomic E-state index is -0.842. The number of carbonyl (C=O) groups excluding carboxylic acids is 1. The average molecular weight is 295 g/mol. The molecule has 1 heterocycles. The summed E-state index contributed by atoms with van der Waals surface area (Å²) in [7, 11) is 0. The second kappa shape index (κ2) is 5.95. The van der Waals surface area contributed by atoms with Gasteiger partial charge in [0.2, 0.25) is 0 Å². The van der Waals surface area contributed by atoms with Crippen LogP contribution in [-0.2, 0) is 4.79 Å². The van der Waals surface area contributed by atoms with Crippen molar-refractivity contribution in [2.45, 2.75) is 57.9 Å². The molecule has 1 aromatic heterocycles. The highest BCUT2D eigenvalue weighted by molar-refractivity contribution is 7.14. The molecular formula is C15H21NO3S. The van der Waals surface area contributed by atoms with Crippen molar-refractivity contribution >= 4 is 23.2 Å². The zero-order valence-electron chi connectivity index (χ0n) is 12.0. The summed E-state index contributed by atoms with van der Waals surface area (Å²) in [5.74, 6) is -0.972. The number of rotatable bonds is 4. The van der Waals surface area contributed by atoms with Gasteiger partial charge in [0.1, 0.15) is 0 Å². The van der Waals surface area contributed by atoms with Crippen molar-refractivity contribution in [2.24, 2.45) is 0 Å². The number of hydrogen-bond donors (Lipinski definition) is 2. The van der Waals surface area contributed by atoms with E-state index in [-0.39, 0.29) is 12.3 Å². The average Bonchev–Trinajstić information content (AvgIpc) is 2.69.